The molecule has 2 aromatic carbocycles. The van der Waals surface area contributed by atoms with Crippen molar-refractivity contribution in [2.45, 2.75) is 13.8 Å². The summed E-state index contributed by atoms with van der Waals surface area (Å²) in [5, 5.41) is 18.2. The number of H-pyrrole nitrogens is 1. The van der Waals surface area contributed by atoms with Crippen LogP contribution < -0.4 is 4.74 Å². The summed E-state index contributed by atoms with van der Waals surface area (Å²) in [6.07, 6.45) is 0. The van der Waals surface area contributed by atoms with Crippen LogP contribution in [0.5, 0.6) is 11.6 Å². The minimum atomic E-state index is -0.547. The molecule has 0 unspecified atom stereocenters. The Balaban J connectivity index is 1.72. The Labute approximate surface area is 152 Å². The molecule has 1 amide bonds. The van der Waals surface area contributed by atoms with Crippen LogP contribution in [0.1, 0.15) is 11.1 Å². The molecular weight excluding hydrogens is 386 g/mol. The molecule has 0 aliphatic heterocycles. The number of hydrogen-bond donors (Lipinski definition) is 2. The molecule has 6 nitrogen and oxygen atoms in total. The fourth-order valence-corrected chi connectivity index (χ4v) is 2.98. The number of aromatic nitrogens is 1. The van der Waals surface area contributed by atoms with Crippen molar-refractivity contribution in [2.24, 2.45) is 10.2 Å². The molecule has 1 aromatic heterocycles. The number of halogens is 1. The van der Waals surface area contributed by atoms with Gasteiger partial charge in [0, 0.05) is 5.39 Å². The van der Waals surface area contributed by atoms with Gasteiger partial charge in [0.25, 0.3) is 0 Å². The van der Waals surface area contributed by atoms with Gasteiger partial charge in [-0.05, 0) is 59.6 Å². The maximum Gasteiger partial charge on any atom is 0.302 e. The highest BCUT2D eigenvalue weighted by molar-refractivity contribution is 9.10. The third-order valence-electron chi connectivity index (χ3n) is 3.61. The van der Waals surface area contributed by atoms with Crippen LogP contribution in [-0.2, 0) is 4.79 Å². The Bertz CT molecular complexity index is 979. The number of aryl methyl sites for hydroxylation is 2. The molecule has 0 atom stereocenters. The van der Waals surface area contributed by atoms with Crippen molar-refractivity contribution < 1.29 is 14.6 Å². The van der Waals surface area contributed by atoms with Gasteiger partial charge in [-0.25, -0.2) is 0 Å². The van der Waals surface area contributed by atoms with Gasteiger partial charge in [0.2, 0.25) is 5.88 Å². The number of azo groups is 1. The molecule has 2 N–H and O–H groups in total. The van der Waals surface area contributed by atoms with Gasteiger partial charge in [-0.2, -0.15) is 0 Å². The predicted octanol–water partition coefficient (Wildman–Crippen LogP) is 4.94. The van der Waals surface area contributed by atoms with Crippen molar-refractivity contribution in [2.75, 3.05) is 6.61 Å². The van der Waals surface area contributed by atoms with Crippen LogP contribution in [0, 0.1) is 13.8 Å². The zero-order chi connectivity index (χ0) is 18.0. The number of amides is 1. The number of carbonyl (C=O) groups excluding carboxylic acids is 1. The first-order valence-electron chi connectivity index (χ1n) is 7.59. The number of hydrogen-bond acceptors (Lipinski definition) is 4. The molecule has 3 aromatic rings. The summed E-state index contributed by atoms with van der Waals surface area (Å²) in [5.41, 5.74) is 3.06. The molecule has 7 heteroatoms. The lowest BCUT2D eigenvalue weighted by Crippen LogP contribution is -2.08. The number of fused-ring (bicyclic) bond motifs is 1. The average molecular weight is 402 g/mol. The average Bonchev–Trinajstić information content (AvgIpc) is 2.87. The maximum atomic E-state index is 11.9. The summed E-state index contributed by atoms with van der Waals surface area (Å²) in [6.45, 7) is 3.65. The van der Waals surface area contributed by atoms with Gasteiger partial charge in [-0.15, -0.1) is 10.2 Å². The number of rotatable bonds is 4. The van der Waals surface area contributed by atoms with E-state index in [1.54, 1.807) is 6.07 Å². The van der Waals surface area contributed by atoms with Crippen LogP contribution in [0.2, 0.25) is 0 Å². The molecule has 25 heavy (non-hydrogen) atoms. The van der Waals surface area contributed by atoms with Crippen LogP contribution in [0.25, 0.3) is 10.9 Å². The van der Waals surface area contributed by atoms with Crippen molar-refractivity contribution in [3.63, 3.8) is 0 Å². The molecule has 0 saturated carbocycles. The molecular formula is C18H16BrN3O3. The fraction of sp³-hybridized carbons (Fsp3) is 0.167. The third kappa shape index (κ3) is 3.88. The highest BCUT2D eigenvalue weighted by Gasteiger charge is 2.11. The van der Waals surface area contributed by atoms with Gasteiger partial charge < -0.3 is 14.8 Å². The second kappa shape index (κ2) is 7.06. The standard InChI is InChI=1S/C18H16BrN3O3/c1-10-3-5-14-12(7-10)17(18(24)20-14)22-21-16(23)9-25-15-6-4-11(2)8-13(15)19/h3-8,20,24H,9H2,1-2H3. The summed E-state index contributed by atoms with van der Waals surface area (Å²) in [6, 6.07) is 11.2. The Morgan fingerprint density at radius 2 is 1.92 bits per heavy atom. The second-order valence-corrected chi connectivity index (χ2v) is 6.54. The first-order valence-corrected chi connectivity index (χ1v) is 8.38. The molecule has 128 valence electrons. The number of nitrogens with one attached hydrogen (secondary N) is 1. The molecule has 0 aliphatic carbocycles. The summed E-state index contributed by atoms with van der Waals surface area (Å²) in [5.74, 6) is -0.118. The van der Waals surface area contributed by atoms with Gasteiger partial charge in [-0.3, -0.25) is 4.79 Å². The van der Waals surface area contributed by atoms with Crippen LogP contribution in [0.15, 0.2) is 51.1 Å². The van der Waals surface area contributed by atoms with Gasteiger partial charge in [0.15, 0.2) is 12.3 Å². The van der Waals surface area contributed by atoms with E-state index in [4.69, 9.17) is 4.74 Å². The van der Waals surface area contributed by atoms with Crippen LogP contribution in [0.3, 0.4) is 0 Å². The third-order valence-corrected chi connectivity index (χ3v) is 4.23. The van der Waals surface area contributed by atoms with E-state index in [0.29, 0.717) is 11.1 Å². The van der Waals surface area contributed by atoms with Gasteiger partial charge in [0.1, 0.15) is 5.75 Å². The highest BCUT2D eigenvalue weighted by Crippen LogP contribution is 2.35. The van der Waals surface area contributed by atoms with Gasteiger partial charge >= 0.3 is 5.91 Å². The lowest BCUT2D eigenvalue weighted by molar-refractivity contribution is -0.120. The van der Waals surface area contributed by atoms with E-state index in [9.17, 15) is 9.90 Å². The van der Waals surface area contributed by atoms with E-state index >= 15 is 0 Å². The number of benzene rings is 2. The van der Waals surface area contributed by atoms with Crippen LogP contribution in [-0.4, -0.2) is 22.6 Å². The highest BCUT2D eigenvalue weighted by atomic mass is 79.9. The molecule has 0 bridgehead atoms. The van der Waals surface area contributed by atoms with E-state index in [0.717, 1.165) is 21.1 Å². The zero-order valence-corrected chi connectivity index (χ0v) is 15.3. The van der Waals surface area contributed by atoms with E-state index in [1.807, 2.05) is 44.2 Å². The Morgan fingerprint density at radius 1 is 1.20 bits per heavy atom. The summed E-state index contributed by atoms with van der Waals surface area (Å²) in [4.78, 5) is 14.7. The van der Waals surface area contributed by atoms with Crippen LogP contribution in [0.4, 0.5) is 5.69 Å². The number of carbonyl (C=O) groups is 1. The zero-order valence-electron chi connectivity index (χ0n) is 13.7. The minimum Gasteiger partial charge on any atom is -0.493 e. The van der Waals surface area contributed by atoms with Gasteiger partial charge in [-0.1, -0.05) is 17.7 Å². The Kier molecular flexibility index (Phi) is 4.85. The molecule has 1 heterocycles. The summed E-state index contributed by atoms with van der Waals surface area (Å²) in [7, 11) is 0. The van der Waals surface area contributed by atoms with E-state index in [-0.39, 0.29) is 18.2 Å². The fourth-order valence-electron chi connectivity index (χ4n) is 2.38. The summed E-state index contributed by atoms with van der Waals surface area (Å²) < 4.78 is 6.21. The van der Waals surface area contributed by atoms with Crippen LogP contribution >= 0.6 is 15.9 Å². The van der Waals surface area contributed by atoms with E-state index in [2.05, 4.69) is 31.1 Å². The summed E-state index contributed by atoms with van der Waals surface area (Å²) >= 11 is 3.38. The van der Waals surface area contributed by atoms with E-state index in [1.165, 1.54) is 0 Å². The number of nitrogens with zero attached hydrogens (tertiary/aromatic N) is 2. The number of ether oxygens (including phenoxy) is 1. The molecule has 0 spiro atoms. The Hall–Kier alpha value is -2.67. The number of aromatic hydroxyl groups is 1. The smallest absolute Gasteiger partial charge is 0.302 e. The Morgan fingerprint density at radius 3 is 2.68 bits per heavy atom. The molecule has 0 fully saturated rings. The molecule has 0 saturated heterocycles. The normalized spacial score (nSPS) is 11.3. The number of aromatic amines is 1. The first kappa shape index (κ1) is 17.2. The molecule has 3 rings (SSSR count). The maximum absolute atomic E-state index is 11.9. The van der Waals surface area contributed by atoms with Crippen molar-refractivity contribution >= 4 is 38.4 Å². The topological polar surface area (TPSA) is 87.0 Å². The van der Waals surface area contributed by atoms with Crippen molar-refractivity contribution in [1.82, 2.24) is 4.98 Å². The predicted molar refractivity (Wildman–Crippen MR) is 98.6 cm³/mol. The monoisotopic (exact) mass is 401 g/mol. The first-order chi connectivity index (χ1) is 11.9. The SMILES string of the molecule is Cc1ccc(OCC(=O)N=Nc2c(O)[nH]c3ccc(C)cc23)c(Br)c1. The lowest BCUT2D eigenvalue weighted by atomic mass is 10.2. The van der Waals surface area contributed by atoms with Crippen molar-refractivity contribution in [3.8, 4) is 11.6 Å². The largest absolute Gasteiger partial charge is 0.493 e. The second-order valence-electron chi connectivity index (χ2n) is 5.69. The quantitative estimate of drug-likeness (QED) is 0.606. The van der Waals surface area contributed by atoms with Crippen molar-refractivity contribution in [1.29, 1.82) is 0 Å². The lowest BCUT2D eigenvalue weighted by Gasteiger charge is -2.06. The van der Waals surface area contributed by atoms with E-state index < -0.39 is 5.91 Å². The molecule has 0 radical (unpaired) electrons. The van der Waals surface area contributed by atoms with Crippen molar-refractivity contribution in [3.05, 3.63) is 52.0 Å². The van der Waals surface area contributed by atoms with Gasteiger partial charge in [0.05, 0.1) is 9.99 Å². The molecule has 0 aliphatic rings. The minimum absolute atomic E-state index is 0.126.